The van der Waals surface area contributed by atoms with Crippen molar-refractivity contribution in [2.24, 2.45) is 5.92 Å². The second kappa shape index (κ2) is 6.83. The van der Waals surface area contributed by atoms with E-state index in [0.29, 0.717) is 19.6 Å². The van der Waals surface area contributed by atoms with Crippen LogP contribution in [0.4, 0.5) is 0 Å². The highest BCUT2D eigenvalue weighted by Gasteiger charge is 2.26. The third-order valence-corrected chi connectivity index (χ3v) is 4.73. The highest BCUT2D eigenvalue weighted by Crippen LogP contribution is 2.30. The molecule has 5 heteroatoms. The molecule has 0 unspecified atom stereocenters. The summed E-state index contributed by atoms with van der Waals surface area (Å²) in [5, 5.41) is 5.06. The minimum atomic E-state index is -0.136. The maximum Gasteiger partial charge on any atom is 0.226 e. The number of carbonyl (C=O) groups excluding carboxylic acids is 1. The zero-order valence-corrected chi connectivity index (χ0v) is 13.3. The fourth-order valence-corrected chi connectivity index (χ4v) is 3.28. The molecule has 4 nitrogen and oxygen atoms in total. The molecule has 1 amide bonds. The van der Waals surface area contributed by atoms with Crippen molar-refractivity contribution in [3.05, 3.63) is 46.2 Å². The Morgan fingerprint density at radius 3 is 3.14 bits per heavy atom. The lowest BCUT2D eigenvalue weighted by Crippen LogP contribution is -2.38. The minimum Gasteiger partial charge on any atom is -0.497 e. The standard InChI is InChI=1S/C17H19NO3S/c1-20-14-4-5-16-12(10-14)9-13(11-21-16)17(19)18-7-6-15-3-2-8-22-15/h2-5,8,10,13H,6-7,9,11H2,1H3,(H,18,19)/t13-/m1/s1. The summed E-state index contributed by atoms with van der Waals surface area (Å²) >= 11 is 1.72. The molecule has 1 aromatic heterocycles. The molecule has 0 fully saturated rings. The van der Waals surface area contributed by atoms with Crippen molar-refractivity contribution >= 4 is 17.2 Å². The lowest BCUT2D eigenvalue weighted by atomic mass is 9.96. The minimum absolute atomic E-state index is 0.0602. The highest BCUT2D eigenvalue weighted by molar-refractivity contribution is 7.09. The molecule has 1 N–H and O–H groups in total. The summed E-state index contributed by atoms with van der Waals surface area (Å²) in [6.45, 7) is 1.10. The van der Waals surface area contributed by atoms with Crippen molar-refractivity contribution < 1.29 is 14.3 Å². The van der Waals surface area contributed by atoms with E-state index in [1.165, 1.54) is 4.88 Å². The van der Waals surface area contributed by atoms with Crippen molar-refractivity contribution in [3.8, 4) is 11.5 Å². The van der Waals surface area contributed by atoms with Crippen LogP contribution >= 0.6 is 11.3 Å². The fraction of sp³-hybridized carbons (Fsp3) is 0.353. The van der Waals surface area contributed by atoms with Gasteiger partial charge in [0, 0.05) is 11.4 Å². The van der Waals surface area contributed by atoms with Crippen LogP contribution in [0.3, 0.4) is 0 Å². The Balaban J connectivity index is 1.55. The van der Waals surface area contributed by atoms with Gasteiger partial charge in [0.1, 0.15) is 18.1 Å². The quantitative estimate of drug-likeness (QED) is 0.922. The van der Waals surface area contributed by atoms with Gasteiger partial charge in [-0.3, -0.25) is 4.79 Å². The van der Waals surface area contributed by atoms with Gasteiger partial charge < -0.3 is 14.8 Å². The van der Waals surface area contributed by atoms with Crippen LogP contribution in [0.5, 0.6) is 11.5 Å². The van der Waals surface area contributed by atoms with Gasteiger partial charge in [0.2, 0.25) is 5.91 Å². The van der Waals surface area contributed by atoms with Gasteiger partial charge in [-0.2, -0.15) is 0 Å². The van der Waals surface area contributed by atoms with Crippen LogP contribution in [0.15, 0.2) is 35.7 Å². The Labute approximate surface area is 134 Å². The van der Waals surface area contributed by atoms with Gasteiger partial charge >= 0.3 is 0 Å². The van der Waals surface area contributed by atoms with E-state index in [4.69, 9.17) is 9.47 Å². The predicted molar refractivity (Wildman–Crippen MR) is 86.7 cm³/mol. The van der Waals surface area contributed by atoms with E-state index in [2.05, 4.69) is 16.8 Å². The molecule has 0 radical (unpaired) electrons. The number of fused-ring (bicyclic) bond motifs is 1. The van der Waals surface area contributed by atoms with E-state index in [0.717, 1.165) is 23.5 Å². The number of methoxy groups -OCH3 is 1. The van der Waals surface area contributed by atoms with Crippen LogP contribution in [0, 0.1) is 5.92 Å². The molecule has 3 rings (SSSR count). The largest absolute Gasteiger partial charge is 0.497 e. The molecular weight excluding hydrogens is 298 g/mol. The molecule has 1 atom stereocenters. The summed E-state index contributed by atoms with van der Waals surface area (Å²) < 4.78 is 10.9. The normalized spacial score (nSPS) is 16.5. The fourth-order valence-electron chi connectivity index (χ4n) is 2.57. The van der Waals surface area contributed by atoms with Crippen molar-refractivity contribution in [2.75, 3.05) is 20.3 Å². The molecule has 1 aliphatic heterocycles. The molecule has 0 bridgehead atoms. The Morgan fingerprint density at radius 1 is 1.45 bits per heavy atom. The van der Waals surface area contributed by atoms with Crippen molar-refractivity contribution in [2.45, 2.75) is 12.8 Å². The number of nitrogens with one attached hydrogen (secondary N) is 1. The molecule has 0 spiro atoms. The number of benzene rings is 1. The van der Waals surface area contributed by atoms with Crippen LogP contribution in [0.25, 0.3) is 0 Å². The van der Waals surface area contributed by atoms with Crippen LogP contribution < -0.4 is 14.8 Å². The summed E-state index contributed by atoms with van der Waals surface area (Å²) in [5.41, 5.74) is 1.03. The zero-order valence-electron chi connectivity index (χ0n) is 12.5. The predicted octanol–water partition coefficient (Wildman–Crippen LogP) is 2.67. The van der Waals surface area contributed by atoms with Crippen LogP contribution in [-0.2, 0) is 17.6 Å². The molecule has 116 valence electrons. The SMILES string of the molecule is COc1ccc2c(c1)C[C@@H](C(=O)NCCc1cccs1)CO2. The molecule has 2 heterocycles. The highest BCUT2D eigenvalue weighted by atomic mass is 32.1. The van der Waals surface area contributed by atoms with E-state index < -0.39 is 0 Å². The second-order valence-electron chi connectivity index (χ2n) is 5.31. The number of hydrogen-bond acceptors (Lipinski definition) is 4. The first-order valence-electron chi connectivity index (χ1n) is 7.36. The molecule has 0 saturated carbocycles. The first-order valence-corrected chi connectivity index (χ1v) is 8.24. The Bertz CT molecular complexity index is 639. The number of carbonyl (C=O) groups is 1. The topological polar surface area (TPSA) is 47.6 Å². The smallest absolute Gasteiger partial charge is 0.226 e. The summed E-state index contributed by atoms with van der Waals surface area (Å²) in [6.07, 6.45) is 1.57. The summed E-state index contributed by atoms with van der Waals surface area (Å²) in [4.78, 5) is 13.6. The van der Waals surface area contributed by atoms with Crippen molar-refractivity contribution in [1.29, 1.82) is 0 Å². The lowest BCUT2D eigenvalue weighted by molar-refractivity contribution is -0.126. The molecular formula is C17H19NO3S. The molecule has 2 aromatic rings. The average Bonchev–Trinajstić information content (AvgIpc) is 3.07. The second-order valence-corrected chi connectivity index (χ2v) is 6.34. The van der Waals surface area contributed by atoms with E-state index in [-0.39, 0.29) is 11.8 Å². The number of rotatable bonds is 5. The van der Waals surface area contributed by atoms with Gasteiger partial charge in [-0.1, -0.05) is 6.07 Å². The average molecular weight is 317 g/mol. The van der Waals surface area contributed by atoms with Gasteiger partial charge in [-0.05, 0) is 48.1 Å². The Morgan fingerprint density at radius 2 is 2.36 bits per heavy atom. The monoisotopic (exact) mass is 317 g/mol. The van der Waals surface area contributed by atoms with Gasteiger partial charge in [-0.15, -0.1) is 11.3 Å². The maximum atomic E-state index is 12.3. The van der Waals surface area contributed by atoms with E-state index in [1.54, 1.807) is 18.4 Å². The van der Waals surface area contributed by atoms with E-state index in [1.807, 2.05) is 24.3 Å². The first-order chi connectivity index (χ1) is 10.8. The number of amides is 1. The van der Waals surface area contributed by atoms with Gasteiger partial charge in [-0.25, -0.2) is 0 Å². The first kappa shape index (κ1) is 14.9. The Hall–Kier alpha value is -2.01. The van der Waals surface area contributed by atoms with E-state index >= 15 is 0 Å². The van der Waals surface area contributed by atoms with Crippen LogP contribution in [0.2, 0.25) is 0 Å². The Kier molecular flexibility index (Phi) is 4.63. The zero-order chi connectivity index (χ0) is 15.4. The molecule has 22 heavy (non-hydrogen) atoms. The van der Waals surface area contributed by atoms with E-state index in [9.17, 15) is 4.79 Å². The molecule has 1 aromatic carbocycles. The summed E-state index contributed by atoms with van der Waals surface area (Å²) in [7, 11) is 1.64. The molecule has 1 aliphatic rings. The lowest BCUT2D eigenvalue weighted by Gasteiger charge is -2.25. The summed E-state index contributed by atoms with van der Waals surface area (Å²) in [6, 6.07) is 9.84. The van der Waals surface area contributed by atoms with Gasteiger partial charge in [0.15, 0.2) is 0 Å². The summed E-state index contributed by atoms with van der Waals surface area (Å²) in [5.74, 6) is 1.57. The van der Waals surface area contributed by atoms with Crippen LogP contribution in [0.1, 0.15) is 10.4 Å². The van der Waals surface area contributed by atoms with Crippen molar-refractivity contribution in [1.82, 2.24) is 5.32 Å². The number of ether oxygens (including phenoxy) is 2. The van der Waals surface area contributed by atoms with Crippen LogP contribution in [-0.4, -0.2) is 26.2 Å². The van der Waals surface area contributed by atoms with Gasteiger partial charge in [0.25, 0.3) is 0 Å². The van der Waals surface area contributed by atoms with Crippen molar-refractivity contribution in [3.63, 3.8) is 0 Å². The molecule has 0 aliphatic carbocycles. The van der Waals surface area contributed by atoms with Gasteiger partial charge in [0.05, 0.1) is 13.0 Å². The number of thiophene rings is 1. The molecule has 0 saturated heterocycles. The third-order valence-electron chi connectivity index (χ3n) is 3.80. The third kappa shape index (κ3) is 3.42. The maximum absolute atomic E-state index is 12.3. The number of hydrogen-bond donors (Lipinski definition) is 1.